The molecular formula is C27H30ClN7O3. The Morgan fingerprint density at radius 3 is 2.68 bits per heavy atom. The number of aliphatic hydroxyl groups excluding tert-OH is 1. The number of imidazole rings is 1. The monoisotopic (exact) mass is 535 g/mol. The number of aliphatic hydroxyl groups is 1. The lowest BCUT2D eigenvalue weighted by Gasteiger charge is -2.14. The molecule has 4 heterocycles. The number of hydrogen-bond acceptors (Lipinski definition) is 8. The number of fused-ring (bicyclic) bond motifs is 1. The second-order valence-electron chi connectivity index (χ2n) is 9.12. The maximum absolute atomic E-state index is 11.4. The van der Waals surface area contributed by atoms with Crippen molar-refractivity contribution in [2.24, 2.45) is 0 Å². The molecule has 5 rings (SSSR count). The van der Waals surface area contributed by atoms with Gasteiger partial charge < -0.3 is 25.8 Å². The third-order valence-electron chi connectivity index (χ3n) is 6.44. The van der Waals surface area contributed by atoms with Crippen LogP contribution in [0, 0.1) is 0 Å². The normalized spacial score (nSPS) is 15.2. The van der Waals surface area contributed by atoms with Gasteiger partial charge in [-0.1, -0.05) is 35.9 Å². The first-order valence-electron chi connectivity index (χ1n) is 12.6. The molecule has 1 aromatic carbocycles. The summed E-state index contributed by atoms with van der Waals surface area (Å²) in [6.45, 7) is 2.39. The van der Waals surface area contributed by atoms with E-state index in [2.05, 4.69) is 20.9 Å². The highest BCUT2D eigenvalue weighted by atomic mass is 35.5. The fourth-order valence-electron chi connectivity index (χ4n) is 4.53. The lowest BCUT2D eigenvalue weighted by Crippen LogP contribution is -2.35. The molecule has 0 aliphatic carbocycles. The minimum Gasteiger partial charge on any atom is -0.481 e. The molecule has 10 nitrogen and oxygen atoms in total. The number of aromatic nitrogens is 4. The van der Waals surface area contributed by atoms with E-state index >= 15 is 0 Å². The van der Waals surface area contributed by atoms with E-state index in [0.29, 0.717) is 54.9 Å². The summed E-state index contributed by atoms with van der Waals surface area (Å²) < 4.78 is 7.31. The van der Waals surface area contributed by atoms with Crippen LogP contribution in [-0.2, 0) is 17.9 Å². The van der Waals surface area contributed by atoms with Crippen molar-refractivity contribution < 1.29 is 14.6 Å². The number of methoxy groups -OCH3 is 1. The first kappa shape index (κ1) is 26.1. The second-order valence-corrected chi connectivity index (χ2v) is 9.50. The second kappa shape index (κ2) is 11.9. The molecule has 1 aliphatic heterocycles. The number of ether oxygens (including phenoxy) is 1. The van der Waals surface area contributed by atoms with E-state index in [4.69, 9.17) is 31.5 Å². The SMILES string of the molecule is COc1nc(-c2cccc(-c3ccc4nc(CNCCO)cn4n3)c2Cl)ccc1CNC[C@@H]1CCC(=O)N1. The minimum absolute atomic E-state index is 0.0757. The van der Waals surface area contributed by atoms with Crippen LogP contribution in [0.3, 0.4) is 0 Å². The Bertz CT molecular complexity index is 1440. The average molecular weight is 536 g/mol. The number of rotatable bonds is 11. The number of carbonyl (C=O) groups excluding carboxylic acids is 1. The standard InChI is InChI=1S/C27H30ClN7O3/c1-38-27-17(13-30-14-18-6-10-25(37)32-18)5-7-22(33-27)20-3-2-4-21(26(20)28)23-8-9-24-31-19(15-29-11-12-36)16-35(24)34-23/h2-5,7-9,16,18,29-30,36H,6,10-15H2,1H3,(H,32,37)/t18-/m0/s1. The largest absolute Gasteiger partial charge is 0.481 e. The van der Waals surface area contributed by atoms with E-state index < -0.39 is 0 Å². The molecule has 0 spiro atoms. The van der Waals surface area contributed by atoms with E-state index in [0.717, 1.165) is 34.5 Å². The van der Waals surface area contributed by atoms with E-state index in [-0.39, 0.29) is 18.6 Å². The van der Waals surface area contributed by atoms with E-state index in [1.54, 1.807) is 11.6 Å². The first-order valence-corrected chi connectivity index (χ1v) is 12.9. The molecule has 0 saturated carbocycles. The number of carbonyl (C=O) groups is 1. The van der Waals surface area contributed by atoms with Gasteiger partial charge in [-0.25, -0.2) is 14.5 Å². The van der Waals surface area contributed by atoms with Gasteiger partial charge in [0.1, 0.15) is 0 Å². The van der Waals surface area contributed by atoms with Crippen molar-refractivity contribution in [2.45, 2.75) is 32.0 Å². The maximum Gasteiger partial charge on any atom is 0.220 e. The Labute approximate surface area is 225 Å². The molecule has 1 aliphatic rings. The van der Waals surface area contributed by atoms with Crippen molar-refractivity contribution >= 4 is 23.2 Å². The molecule has 3 aromatic heterocycles. The van der Waals surface area contributed by atoms with Crippen LogP contribution in [0.4, 0.5) is 0 Å². The molecule has 38 heavy (non-hydrogen) atoms. The van der Waals surface area contributed by atoms with Crippen LogP contribution in [0.25, 0.3) is 28.2 Å². The first-order chi connectivity index (χ1) is 18.6. The topological polar surface area (TPSA) is 126 Å². The van der Waals surface area contributed by atoms with Gasteiger partial charge >= 0.3 is 0 Å². The predicted molar refractivity (Wildman–Crippen MR) is 145 cm³/mol. The molecular weight excluding hydrogens is 506 g/mol. The van der Waals surface area contributed by atoms with Crippen LogP contribution in [0.1, 0.15) is 24.1 Å². The number of halogens is 1. The minimum atomic E-state index is 0.0757. The fourth-order valence-corrected chi connectivity index (χ4v) is 4.84. The summed E-state index contributed by atoms with van der Waals surface area (Å²) in [6, 6.07) is 13.7. The molecule has 1 saturated heterocycles. The highest BCUT2D eigenvalue weighted by Gasteiger charge is 2.20. The summed E-state index contributed by atoms with van der Waals surface area (Å²) in [7, 11) is 1.60. The number of nitrogens with zero attached hydrogens (tertiary/aromatic N) is 4. The van der Waals surface area contributed by atoms with Gasteiger partial charge in [-0.05, 0) is 24.6 Å². The van der Waals surface area contributed by atoms with Crippen molar-refractivity contribution in [2.75, 3.05) is 26.8 Å². The Hall–Kier alpha value is -3.57. The fraction of sp³-hybridized carbons (Fsp3) is 0.333. The number of hydrogen-bond donors (Lipinski definition) is 4. The van der Waals surface area contributed by atoms with Crippen molar-refractivity contribution in [3.05, 3.63) is 64.9 Å². The number of nitrogens with one attached hydrogen (secondary N) is 3. The molecule has 4 N–H and O–H groups in total. The molecule has 0 unspecified atom stereocenters. The van der Waals surface area contributed by atoms with Crippen LogP contribution in [0.5, 0.6) is 5.88 Å². The Morgan fingerprint density at radius 2 is 1.92 bits per heavy atom. The van der Waals surface area contributed by atoms with Gasteiger partial charge in [-0.2, -0.15) is 5.10 Å². The van der Waals surface area contributed by atoms with E-state index in [1.807, 2.05) is 48.7 Å². The quantitative estimate of drug-likeness (QED) is 0.216. The highest BCUT2D eigenvalue weighted by Crippen LogP contribution is 2.36. The van der Waals surface area contributed by atoms with Gasteiger partial charge in [-0.15, -0.1) is 0 Å². The van der Waals surface area contributed by atoms with Crippen molar-refractivity contribution in [1.82, 2.24) is 35.5 Å². The lowest BCUT2D eigenvalue weighted by molar-refractivity contribution is -0.119. The third kappa shape index (κ3) is 5.78. The lowest BCUT2D eigenvalue weighted by atomic mass is 10.0. The van der Waals surface area contributed by atoms with E-state index in [1.165, 1.54) is 0 Å². The number of amides is 1. The third-order valence-corrected chi connectivity index (χ3v) is 6.85. The van der Waals surface area contributed by atoms with Crippen LogP contribution in [-0.4, -0.2) is 63.4 Å². The summed E-state index contributed by atoms with van der Waals surface area (Å²) in [6.07, 6.45) is 3.29. The van der Waals surface area contributed by atoms with Crippen LogP contribution >= 0.6 is 11.6 Å². The zero-order valence-electron chi connectivity index (χ0n) is 21.1. The summed E-state index contributed by atoms with van der Waals surface area (Å²) >= 11 is 6.90. The zero-order chi connectivity index (χ0) is 26.5. The Kier molecular flexibility index (Phi) is 8.14. The molecule has 4 aromatic rings. The van der Waals surface area contributed by atoms with Gasteiger partial charge in [0.15, 0.2) is 5.65 Å². The highest BCUT2D eigenvalue weighted by molar-refractivity contribution is 6.36. The van der Waals surface area contributed by atoms with Crippen LogP contribution in [0.15, 0.2) is 48.7 Å². The summed E-state index contributed by atoms with van der Waals surface area (Å²) in [5.74, 6) is 0.628. The summed E-state index contributed by atoms with van der Waals surface area (Å²) in [5, 5.41) is 23.7. The Balaban J connectivity index is 1.35. The number of benzene rings is 1. The van der Waals surface area contributed by atoms with Crippen LogP contribution in [0.2, 0.25) is 5.02 Å². The zero-order valence-corrected chi connectivity index (χ0v) is 21.8. The molecule has 198 valence electrons. The van der Waals surface area contributed by atoms with Crippen molar-refractivity contribution in [3.8, 4) is 28.4 Å². The van der Waals surface area contributed by atoms with Gasteiger partial charge in [0.25, 0.3) is 0 Å². The number of pyridine rings is 1. The summed E-state index contributed by atoms with van der Waals surface area (Å²) in [4.78, 5) is 20.7. The summed E-state index contributed by atoms with van der Waals surface area (Å²) in [5.41, 5.74) is 5.45. The molecule has 1 amide bonds. The maximum atomic E-state index is 11.4. The van der Waals surface area contributed by atoms with Gasteiger partial charge in [0.2, 0.25) is 11.8 Å². The molecule has 0 bridgehead atoms. The van der Waals surface area contributed by atoms with E-state index in [9.17, 15) is 4.79 Å². The molecule has 0 radical (unpaired) electrons. The molecule has 1 atom stereocenters. The molecule has 11 heteroatoms. The smallest absolute Gasteiger partial charge is 0.220 e. The average Bonchev–Trinajstić information content (AvgIpc) is 3.54. The van der Waals surface area contributed by atoms with Crippen LogP contribution < -0.4 is 20.7 Å². The predicted octanol–water partition coefficient (Wildman–Crippen LogP) is 2.57. The Morgan fingerprint density at radius 1 is 1.11 bits per heavy atom. The van der Waals surface area contributed by atoms with Gasteiger partial charge in [-0.3, -0.25) is 4.79 Å². The molecule has 1 fully saturated rings. The van der Waals surface area contributed by atoms with Crippen molar-refractivity contribution in [1.29, 1.82) is 0 Å². The van der Waals surface area contributed by atoms with Gasteiger partial charge in [0, 0.05) is 55.3 Å². The van der Waals surface area contributed by atoms with Crippen molar-refractivity contribution in [3.63, 3.8) is 0 Å². The van der Waals surface area contributed by atoms with Gasteiger partial charge in [0.05, 0.1) is 42.0 Å².